The number of amides is 1. The van der Waals surface area contributed by atoms with Crippen molar-refractivity contribution >= 4 is 11.6 Å². The molecule has 140 valence electrons. The third kappa shape index (κ3) is 2.53. The molecule has 0 saturated carbocycles. The van der Waals surface area contributed by atoms with E-state index in [0.717, 1.165) is 44.0 Å². The third-order valence-electron chi connectivity index (χ3n) is 6.77. The molecule has 27 heavy (non-hydrogen) atoms. The Kier molecular flexibility index (Phi) is 3.71. The van der Waals surface area contributed by atoms with Crippen LogP contribution in [0.4, 0.5) is 5.69 Å². The fourth-order valence-electron chi connectivity index (χ4n) is 5.03. The number of benzene rings is 2. The number of hydrogen-bond donors (Lipinski definition) is 1. The van der Waals surface area contributed by atoms with Crippen LogP contribution in [0.2, 0.25) is 0 Å². The van der Waals surface area contributed by atoms with Gasteiger partial charge in [-0.2, -0.15) is 0 Å². The molecule has 3 heterocycles. The molecule has 2 aromatic rings. The number of aryl methyl sites for hydroxylation is 1. The normalized spacial score (nSPS) is 24.9. The fourth-order valence-corrected chi connectivity index (χ4v) is 5.03. The highest BCUT2D eigenvalue weighted by Crippen LogP contribution is 2.45. The molecule has 3 aliphatic heterocycles. The largest absolute Gasteiger partial charge is 0.492 e. The average Bonchev–Trinajstić information content (AvgIpc) is 3.21. The van der Waals surface area contributed by atoms with Crippen molar-refractivity contribution in [3.8, 4) is 5.75 Å². The number of fused-ring (bicyclic) bond motifs is 3. The summed E-state index contributed by atoms with van der Waals surface area (Å²) in [6.45, 7) is 6.62. The molecule has 5 rings (SSSR count). The minimum atomic E-state index is -0.150. The monoisotopic (exact) mass is 362 g/mol. The maximum Gasteiger partial charge on any atom is 0.245 e. The second-order valence-corrected chi connectivity index (χ2v) is 8.39. The summed E-state index contributed by atoms with van der Waals surface area (Å²) in [5, 5.41) is 3.47. The lowest BCUT2D eigenvalue weighted by atomic mass is 9.74. The predicted molar refractivity (Wildman–Crippen MR) is 106 cm³/mol. The molecule has 2 aromatic carbocycles. The molecule has 0 bridgehead atoms. The first-order valence-corrected chi connectivity index (χ1v) is 9.96. The molecule has 3 aliphatic rings. The third-order valence-corrected chi connectivity index (χ3v) is 6.77. The quantitative estimate of drug-likeness (QED) is 0.838. The van der Waals surface area contributed by atoms with Crippen molar-refractivity contribution < 1.29 is 9.53 Å². The molecular weight excluding hydrogens is 336 g/mol. The van der Waals surface area contributed by atoms with Gasteiger partial charge in [-0.25, -0.2) is 0 Å². The molecule has 1 fully saturated rings. The Balaban J connectivity index is 1.30. The summed E-state index contributed by atoms with van der Waals surface area (Å²) < 4.78 is 5.94. The van der Waals surface area contributed by atoms with E-state index in [9.17, 15) is 4.79 Å². The lowest BCUT2D eigenvalue weighted by molar-refractivity contribution is -0.134. The lowest BCUT2D eigenvalue weighted by Gasteiger charge is -2.39. The minimum absolute atomic E-state index is 0.0855. The molecular formula is C23H26N2O2. The van der Waals surface area contributed by atoms with Gasteiger partial charge in [0.2, 0.25) is 5.91 Å². The first-order valence-electron chi connectivity index (χ1n) is 9.96. The first-order chi connectivity index (χ1) is 13.1. The van der Waals surface area contributed by atoms with Gasteiger partial charge in [0.05, 0.1) is 6.61 Å². The molecule has 2 atom stereocenters. The number of carbonyl (C=O) groups excluding carboxylic acids is 1. The van der Waals surface area contributed by atoms with Crippen LogP contribution in [-0.4, -0.2) is 36.5 Å². The summed E-state index contributed by atoms with van der Waals surface area (Å²) in [4.78, 5) is 15.3. The zero-order chi connectivity index (χ0) is 18.6. The van der Waals surface area contributed by atoms with Crippen LogP contribution in [0.3, 0.4) is 0 Å². The van der Waals surface area contributed by atoms with Crippen LogP contribution in [0, 0.1) is 6.92 Å². The van der Waals surface area contributed by atoms with E-state index in [1.807, 2.05) is 6.07 Å². The van der Waals surface area contributed by atoms with Crippen LogP contribution in [0.5, 0.6) is 5.75 Å². The van der Waals surface area contributed by atoms with Gasteiger partial charge in [-0.15, -0.1) is 0 Å². The maximum absolute atomic E-state index is 13.2. The summed E-state index contributed by atoms with van der Waals surface area (Å²) in [7, 11) is 0. The van der Waals surface area contributed by atoms with Crippen LogP contribution in [0.15, 0.2) is 42.5 Å². The van der Waals surface area contributed by atoms with E-state index >= 15 is 0 Å². The van der Waals surface area contributed by atoms with E-state index in [4.69, 9.17) is 4.74 Å². The Morgan fingerprint density at radius 3 is 2.78 bits per heavy atom. The van der Waals surface area contributed by atoms with Gasteiger partial charge in [-0.3, -0.25) is 4.79 Å². The van der Waals surface area contributed by atoms with Crippen LogP contribution >= 0.6 is 0 Å². The molecule has 4 nitrogen and oxygen atoms in total. The van der Waals surface area contributed by atoms with Gasteiger partial charge >= 0.3 is 0 Å². The molecule has 1 amide bonds. The topological polar surface area (TPSA) is 41.6 Å². The van der Waals surface area contributed by atoms with E-state index < -0.39 is 0 Å². The van der Waals surface area contributed by atoms with Crippen LogP contribution in [0.1, 0.15) is 42.4 Å². The van der Waals surface area contributed by atoms with Gasteiger partial charge < -0.3 is 15.0 Å². The molecule has 1 saturated heterocycles. The molecule has 0 radical (unpaired) electrons. The molecule has 0 aromatic heterocycles. The number of hydrogen-bond acceptors (Lipinski definition) is 3. The maximum atomic E-state index is 13.2. The zero-order valence-corrected chi connectivity index (χ0v) is 16.0. The van der Waals surface area contributed by atoms with E-state index in [1.54, 1.807) is 0 Å². The van der Waals surface area contributed by atoms with Crippen molar-refractivity contribution in [1.29, 1.82) is 0 Å². The van der Waals surface area contributed by atoms with Gasteiger partial charge in [0.15, 0.2) is 0 Å². The second-order valence-electron chi connectivity index (χ2n) is 8.39. The standard InChI is InChI=1S/C23H26N2O2/c1-15-7-8-19-17(13-15)16(2)21(24-19)22(26)25-11-9-23(10-12-25)14-27-20-6-4-3-5-18(20)23/h3-8,13,16,21,24H,9-12,14H2,1-2H3. The predicted octanol–water partition coefficient (Wildman–Crippen LogP) is 3.85. The number of piperidine rings is 1. The SMILES string of the molecule is Cc1ccc2c(c1)C(C)C(C(=O)N1CCC3(CC1)COc1ccccc13)N2. The zero-order valence-electron chi connectivity index (χ0n) is 16.0. The van der Waals surface area contributed by atoms with Crippen molar-refractivity contribution in [3.63, 3.8) is 0 Å². The first kappa shape index (κ1) is 16.7. The number of carbonyl (C=O) groups is 1. The molecule has 4 heteroatoms. The Morgan fingerprint density at radius 1 is 1.19 bits per heavy atom. The minimum Gasteiger partial charge on any atom is -0.492 e. The Morgan fingerprint density at radius 2 is 1.96 bits per heavy atom. The number of anilines is 1. The molecule has 2 unspecified atom stereocenters. The Bertz CT molecular complexity index is 899. The van der Waals surface area contributed by atoms with Crippen molar-refractivity contribution in [2.24, 2.45) is 0 Å². The number of nitrogens with zero attached hydrogens (tertiary/aromatic N) is 1. The van der Waals surface area contributed by atoms with E-state index in [2.05, 4.69) is 60.5 Å². The number of rotatable bonds is 1. The number of nitrogens with one attached hydrogen (secondary N) is 1. The van der Waals surface area contributed by atoms with Gasteiger partial charge in [-0.1, -0.05) is 42.8 Å². The number of ether oxygens (including phenoxy) is 1. The van der Waals surface area contributed by atoms with Gasteiger partial charge in [0.1, 0.15) is 11.8 Å². The van der Waals surface area contributed by atoms with Crippen molar-refractivity contribution in [1.82, 2.24) is 4.90 Å². The van der Waals surface area contributed by atoms with Crippen LogP contribution in [-0.2, 0) is 10.2 Å². The highest BCUT2D eigenvalue weighted by molar-refractivity contribution is 5.89. The van der Waals surface area contributed by atoms with Crippen LogP contribution in [0.25, 0.3) is 0 Å². The summed E-state index contributed by atoms with van der Waals surface area (Å²) in [5.74, 6) is 1.46. The lowest BCUT2D eigenvalue weighted by Crippen LogP contribution is -2.50. The average molecular weight is 362 g/mol. The number of likely N-dealkylation sites (tertiary alicyclic amines) is 1. The number of para-hydroxylation sites is 1. The summed E-state index contributed by atoms with van der Waals surface area (Å²) >= 11 is 0. The van der Waals surface area contributed by atoms with E-state index in [1.165, 1.54) is 16.7 Å². The molecule has 1 N–H and O–H groups in total. The van der Waals surface area contributed by atoms with E-state index in [0.29, 0.717) is 0 Å². The van der Waals surface area contributed by atoms with Gasteiger partial charge in [0.25, 0.3) is 0 Å². The van der Waals surface area contributed by atoms with Crippen molar-refractivity contribution in [2.75, 3.05) is 25.0 Å². The Labute approximate surface area is 160 Å². The van der Waals surface area contributed by atoms with E-state index in [-0.39, 0.29) is 23.3 Å². The highest BCUT2D eigenvalue weighted by Gasteiger charge is 2.45. The Hall–Kier alpha value is -2.49. The highest BCUT2D eigenvalue weighted by atomic mass is 16.5. The molecule has 1 spiro atoms. The van der Waals surface area contributed by atoms with Gasteiger partial charge in [-0.05, 0) is 37.5 Å². The second kappa shape index (κ2) is 6.01. The fraction of sp³-hybridized carbons (Fsp3) is 0.435. The summed E-state index contributed by atoms with van der Waals surface area (Å²) in [6.07, 6.45) is 1.95. The summed E-state index contributed by atoms with van der Waals surface area (Å²) in [5.41, 5.74) is 5.03. The smallest absolute Gasteiger partial charge is 0.245 e. The summed E-state index contributed by atoms with van der Waals surface area (Å²) in [6, 6.07) is 14.6. The van der Waals surface area contributed by atoms with Crippen molar-refractivity contribution in [2.45, 2.75) is 44.1 Å². The van der Waals surface area contributed by atoms with Crippen LogP contribution < -0.4 is 10.1 Å². The molecule has 0 aliphatic carbocycles. The van der Waals surface area contributed by atoms with Gasteiger partial charge in [0, 0.05) is 35.7 Å². The van der Waals surface area contributed by atoms with Crippen molar-refractivity contribution in [3.05, 3.63) is 59.2 Å².